The number of aryl methyl sites for hydroxylation is 1. The summed E-state index contributed by atoms with van der Waals surface area (Å²) in [4.78, 5) is 24.7. The van der Waals surface area contributed by atoms with E-state index in [1.807, 2.05) is 6.92 Å². The Balaban J connectivity index is 1.90. The molecule has 2 unspecified atom stereocenters. The highest BCUT2D eigenvalue weighted by atomic mass is 35.5. The zero-order valence-corrected chi connectivity index (χ0v) is 17.3. The molecule has 0 amide bonds. The van der Waals surface area contributed by atoms with Crippen LogP contribution in [-0.2, 0) is 4.79 Å². The van der Waals surface area contributed by atoms with E-state index in [4.69, 9.17) is 11.6 Å². The molecule has 3 aromatic rings. The van der Waals surface area contributed by atoms with Gasteiger partial charge in [-0.1, -0.05) is 42.8 Å². The molecule has 30 heavy (non-hydrogen) atoms. The maximum absolute atomic E-state index is 14.9. The summed E-state index contributed by atoms with van der Waals surface area (Å²) in [5.74, 6) is -2.38. The van der Waals surface area contributed by atoms with Gasteiger partial charge in [0.05, 0.1) is 33.1 Å². The van der Waals surface area contributed by atoms with E-state index in [2.05, 4.69) is 5.10 Å². The number of hydrogen-bond acceptors (Lipinski definition) is 3. The molecule has 4 rings (SSSR count). The van der Waals surface area contributed by atoms with Gasteiger partial charge in [-0.3, -0.25) is 9.59 Å². The highest BCUT2D eigenvalue weighted by Gasteiger charge is 2.31. The molecule has 0 spiro atoms. The minimum Gasteiger partial charge on any atom is -0.481 e. The van der Waals surface area contributed by atoms with Gasteiger partial charge in [-0.2, -0.15) is 9.78 Å². The van der Waals surface area contributed by atoms with Crippen molar-refractivity contribution in [1.82, 2.24) is 9.78 Å². The van der Waals surface area contributed by atoms with Gasteiger partial charge in [-0.05, 0) is 55.0 Å². The number of rotatable bonds is 3. The van der Waals surface area contributed by atoms with Gasteiger partial charge < -0.3 is 5.11 Å². The highest BCUT2D eigenvalue weighted by Crippen LogP contribution is 2.38. The van der Waals surface area contributed by atoms with Crippen LogP contribution in [0.2, 0.25) is 5.02 Å². The van der Waals surface area contributed by atoms with Crippen molar-refractivity contribution in [2.45, 2.75) is 26.7 Å². The number of carbonyl (C=O) groups excluding carboxylic acids is 1. The van der Waals surface area contributed by atoms with E-state index in [0.29, 0.717) is 40.2 Å². The quantitative estimate of drug-likeness (QED) is 0.613. The molecule has 2 atom stereocenters. The van der Waals surface area contributed by atoms with E-state index < -0.39 is 23.6 Å². The third kappa shape index (κ3) is 3.31. The molecule has 154 valence electrons. The molecule has 0 aliphatic heterocycles. The SMILES string of the molecule is Cc1cccc(Cl)c1C(=O)n1nc(C2=CCC(C(=O)O)CC2C)c2c(F)cccc21. The van der Waals surface area contributed by atoms with E-state index in [-0.39, 0.29) is 11.3 Å². The summed E-state index contributed by atoms with van der Waals surface area (Å²) < 4.78 is 16.1. The van der Waals surface area contributed by atoms with Gasteiger partial charge >= 0.3 is 5.97 Å². The molecule has 1 N–H and O–H groups in total. The number of carboxylic acids is 1. The molecule has 5 nitrogen and oxygen atoms in total. The molecule has 0 fully saturated rings. The first-order chi connectivity index (χ1) is 14.3. The van der Waals surface area contributed by atoms with E-state index >= 15 is 0 Å². The lowest BCUT2D eigenvalue weighted by molar-refractivity contribution is -0.142. The molecular weight excluding hydrogens is 407 g/mol. The molecule has 7 heteroatoms. The van der Waals surface area contributed by atoms with Crippen molar-refractivity contribution in [3.05, 3.63) is 70.1 Å². The zero-order valence-electron chi connectivity index (χ0n) is 16.5. The van der Waals surface area contributed by atoms with Gasteiger partial charge in [0, 0.05) is 0 Å². The van der Waals surface area contributed by atoms with Crippen molar-refractivity contribution in [3.63, 3.8) is 0 Å². The van der Waals surface area contributed by atoms with Gasteiger partial charge in [0.1, 0.15) is 5.82 Å². The van der Waals surface area contributed by atoms with Crippen LogP contribution in [0.4, 0.5) is 4.39 Å². The first kappa shape index (κ1) is 20.3. The van der Waals surface area contributed by atoms with Crippen molar-refractivity contribution in [2.24, 2.45) is 11.8 Å². The number of aliphatic carboxylic acids is 1. The topological polar surface area (TPSA) is 72.2 Å². The summed E-state index contributed by atoms with van der Waals surface area (Å²) in [6.07, 6.45) is 2.58. The van der Waals surface area contributed by atoms with E-state index in [1.165, 1.54) is 16.8 Å². The lowest BCUT2D eigenvalue weighted by atomic mass is 9.80. The standard InChI is InChI=1S/C23H20ClFN2O3/c1-12-5-3-6-16(24)19(12)22(28)27-18-8-4-7-17(25)20(18)21(26-27)15-10-9-14(23(29)30)11-13(15)2/h3-8,10,13-14H,9,11H2,1-2H3,(H,29,30). The Kier molecular flexibility index (Phi) is 5.20. The van der Waals surface area contributed by atoms with Crippen LogP contribution in [0.1, 0.15) is 41.4 Å². The van der Waals surface area contributed by atoms with E-state index in [9.17, 15) is 19.1 Å². The van der Waals surface area contributed by atoms with Crippen molar-refractivity contribution in [1.29, 1.82) is 0 Å². The number of aromatic nitrogens is 2. The van der Waals surface area contributed by atoms with Crippen LogP contribution in [0.5, 0.6) is 0 Å². The predicted octanol–water partition coefficient (Wildman–Crippen LogP) is 5.34. The van der Waals surface area contributed by atoms with Crippen LogP contribution in [0.3, 0.4) is 0 Å². The summed E-state index contributed by atoms with van der Waals surface area (Å²) in [6, 6.07) is 9.68. The first-order valence-electron chi connectivity index (χ1n) is 9.70. The Morgan fingerprint density at radius 3 is 2.63 bits per heavy atom. The third-order valence-corrected chi connectivity index (χ3v) is 6.01. The normalized spacial score (nSPS) is 19.0. The molecule has 1 aromatic heterocycles. The van der Waals surface area contributed by atoms with Gasteiger partial charge in [-0.15, -0.1) is 0 Å². The molecule has 1 heterocycles. The van der Waals surface area contributed by atoms with Crippen LogP contribution in [0.15, 0.2) is 42.5 Å². The smallest absolute Gasteiger partial charge is 0.306 e. The number of carboxylic acid groups (broad SMARTS) is 1. The molecule has 0 bridgehead atoms. The maximum atomic E-state index is 14.9. The van der Waals surface area contributed by atoms with Gasteiger partial charge in [0.25, 0.3) is 5.91 Å². The van der Waals surface area contributed by atoms with Gasteiger partial charge in [-0.25, -0.2) is 4.39 Å². The summed E-state index contributed by atoms with van der Waals surface area (Å²) >= 11 is 6.28. The fourth-order valence-corrected chi connectivity index (χ4v) is 4.45. The minimum atomic E-state index is -0.844. The highest BCUT2D eigenvalue weighted by molar-refractivity contribution is 6.34. The monoisotopic (exact) mass is 426 g/mol. The van der Waals surface area contributed by atoms with Crippen LogP contribution < -0.4 is 0 Å². The molecule has 0 saturated heterocycles. The number of halogens is 2. The second kappa shape index (κ2) is 7.69. The Morgan fingerprint density at radius 2 is 1.97 bits per heavy atom. The molecule has 0 saturated carbocycles. The number of nitrogens with zero attached hydrogens (tertiary/aromatic N) is 2. The average Bonchev–Trinajstić information content (AvgIpc) is 3.08. The summed E-state index contributed by atoms with van der Waals surface area (Å²) in [5.41, 5.74) is 2.49. The maximum Gasteiger partial charge on any atom is 0.306 e. The predicted molar refractivity (Wildman–Crippen MR) is 113 cm³/mol. The molecule has 2 aromatic carbocycles. The van der Waals surface area contributed by atoms with E-state index in [0.717, 1.165) is 5.57 Å². The van der Waals surface area contributed by atoms with Gasteiger partial charge in [0.2, 0.25) is 0 Å². The largest absolute Gasteiger partial charge is 0.481 e. The second-order valence-corrected chi connectivity index (χ2v) is 8.11. The number of carbonyl (C=O) groups is 2. The van der Waals surface area contributed by atoms with Crippen LogP contribution in [-0.4, -0.2) is 26.8 Å². The van der Waals surface area contributed by atoms with Crippen molar-refractivity contribution in [3.8, 4) is 0 Å². The molecule has 1 aliphatic carbocycles. The van der Waals surface area contributed by atoms with Crippen molar-refractivity contribution in [2.75, 3.05) is 0 Å². The average molecular weight is 427 g/mol. The zero-order chi connectivity index (χ0) is 21.6. The lowest BCUT2D eigenvalue weighted by Gasteiger charge is -2.24. The second-order valence-electron chi connectivity index (χ2n) is 7.70. The molecule has 1 aliphatic rings. The summed E-state index contributed by atoms with van der Waals surface area (Å²) in [6.45, 7) is 3.68. The third-order valence-electron chi connectivity index (χ3n) is 5.70. The fraction of sp³-hybridized carbons (Fsp3) is 0.261. The summed E-state index contributed by atoms with van der Waals surface area (Å²) in [5, 5.41) is 14.4. The number of hydrogen-bond donors (Lipinski definition) is 1. The van der Waals surface area contributed by atoms with E-state index in [1.54, 1.807) is 37.3 Å². The van der Waals surface area contributed by atoms with Crippen LogP contribution in [0.25, 0.3) is 16.5 Å². The van der Waals surface area contributed by atoms with Gasteiger partial charge in [0.15, 0.2) is 0 Å². The van der Waals surface area contributed by atoms with Crippen LogP contribution >= 0.6 is 11.6 Å². The number of allylic oxidation sites excluding steroid dienone is 2. The van der Waals surface area contributed by atoms with Crippen molar-refractivity contribution < 1.29 is 19.1 Å². The van der Waals surface area contributed by atoms with Crippen molar-refractivity contribution >= 4 is 40.0 Å². The molecule has 0 radical (unpaired) electrons. The Bertz CT molecular complexity index is 1190. The van der Waals surface area contributed by atoms with Crippen LogP contribution in [0, 0.1) is 24.6 Å². The Hall–Kier alpha value is -2.99. The number of fused-ring (bicyclic) bond motifs is 1. The summed E-state index contributed by atoms with van der Waals surface area (Å²) in [7, 11) is 0. The minimum absolute atomic E-state index is 0.136. The fourth-order valence-electron chi connectivity index (χ4n) is 4.15. The lowest BCUT2D eigenvalue weighted by Crippen LogP contribution is -2.21. The molecular formula is C23H20ClFN2O3. The Morgan fingerprint density at radius 1 is 1.23 bits per heavy atom. The number of benzene rings is 2. The first-order valence-corrected chi connectivity index (χ1v) is 10.1. The Labute approximate surface area is 177 Å².